The molecule has 0 bridgehead atoms. The van der Waals surface area contributed by atoms with Gasteiger partial charge in [0.1, 0.15) is 0 Å². The van der Waals surface area contributed by atoms with Crippen molar-refractivity contribution in [1.82, 2.24) is 47.9 Å². The molecular formula is C61H121N9O6. The zero-order valence-corrected chi connectivity index (χ0v) is 49.7. The van der Waals surface area contributed by atoms with Gasteiger partial charge in [0, 0.05) is 38.9 Å². The highest BCUT2D eigenvalue weighted by Gasteiger charge is 2.28. The first kappa shape index (κ1) is 73.2. The van der Waals surface area contributed by atoms with Crippen LogP contribution in [0.3, 0.4) is 0 Å². The number of carbonyl (C=O) groups is 5. The molecule has 1 unspecified atom stereocenters. The Morgan fingerprint density at radius 3 is 1.30 bits per heavy atom. The summed E-state index contributed by atoms with van der Waals surface area (Å²) in [5.41, 5.74) is 0. The van der Waals surface area contributed by atoms with E-state index in [1.165, 1.54) is 166 Å². The van der Waals surface area contributed by atoms with E-state index in [-0.39, 0.29) is 42.1 Å². The number of amides is 3. The molecule has 1 aliphatic carbocycles. The lowest BCUT2D eigenvalue weighted by Gasteiger charge is -2.19. The van der Waals surface area contributed by atoms with Crippen LogP contribution in [-0.2, 0) is 28.7 Å². The number of rotatable bonds is 58. The summed E-state index contributed by atoms with van der Waals surface area (Å²) < 4.78 is 5.41. The van der Waals surface area contributed by atoms with Crippen LogP contribution in [0.25, 0.3) is 0 Å². The summed E-state index contributed by atoms with van der Waals surface area (Å²) >= 11 is 0. The van der Waals surface area contributed by atoms with Crippen molar-refractivity contribution in [3.05, 3.63) is 12.2 Å². The van der Waals surface area contributed by atoms with Crippen LogP contribution in [0.4, 0.5) is 0 Å². The molecule has 0 aromatic heterocycles. The molecule has 446 valence electrons. The van der Waals surface area contributed by atoms with Gasteiger partial charge in [-0.2, -0.15) is 0 Å². The number of unbranched alkanes of at least 4 members (excludes halogenated alkanes) is 21. The van der Waals surface area contributed by atoms with E-state index in [0.29, 0.717) is 38.5 Å². The van der Waals surface area contributed by atoms with Gasteiger partial charge < -0.3 is 52.6 Å². The second kappa shape index (κ2) is 59.9. The van der Waals surface area contributed by atoms with E-state index in [0.717, 1.165) is 111 Å². The summed E-state index contributed by atoms with van der Waals surface area (Å²) in [4.78, 5) is 58.5. The van der Waals surface area contributed by atoms with E-state index in [9.17, 15) is 24.0 Å². The summed E-state index contributed by atoms with van der Waals surface area (Å²) in [7, 11) is 4.02. The van der Waals surface area contributed by atoms with Crippen molar-refractivity contribution in [2.45, 2.75) is 226 Å². The standard InChI is InChI=1S/C31H54N2O5.C30H67N7O/c1-2-3-4-5-6-7-8-9-10-11-12-13-14-15-16-17-23-32-31(37)22-25-38-26-24-33-30(36)21-18-27-28(34)19-20-29(27)35;1-4-5-8-17-30(38)37-26-10-7-6-9-16-29(28-36-25-15-24-34-23-14-19-32-3)27-35-21-12-11-20-33-22-13-18-31-2/h19-20,27H,2-18,21-26H2,1H3,(H,32,37)(H,33,36);29,31-36H,4-28H2,1-3H3,(H,37,38). The highest BCUT2D eigenvalue weighted by Crippen LogP contribution is 2.17. The van der Waals surface area contributed by atoms with E-state index >= 15 is 0 Å². The molecule has 0 aromatic rings. The Morgan fingerprint density at radius 2 is 0.789 bits per heavy atom. The zero-order chi connectivity index (χ0) is 55.5. The molecule has 9 N–H and O–H groups in total. The van der Waals surface area contributed by atoms with Crippen LogP contribution in [0.5, 0.6) is 0 Å². The number of nitrogens with one attached hydrogen (secondary N) is 9. The normalized spacial score (nSPS) is 12.8. The Labute approximate surface area is 466 Å². The third kappa shape index (κ3) is 53.2. The molecule has 0 radical (unpaired) electrons. The van der Waals surface area contributed by atoms with E-state index in [2.05, 4.69) is 61.7 Å². The molecule has 76 heavy (non-hydrogen) atoms. The predicted molar refractivity (Wildman–Crippen MR) is 319 cm³/mol. The monoisotopic (exact) mass is 1080 g/mol. The average Bonchev–Trinajstić information content (AvgIpc) is 3.74. The first-order valence-electron chi connectivity index (χ1n) is 31.5. The Morgan fingerprint density at radius 1 is 0.408 bits per heavy atom. The fourth-order valence-electron chi connectivity index (χ4n) is 9.22. The highest BCUT2D eigenvalue weighted by molar-refractivity contribution is 6.18. The van der Waals surface area contributed by atoms with E-state index < -0.39 is 5.92 Å². The number of ether oxygens (including phenoxy) is 1. The van der Waals surface area contributed by atoms with Gasteiger partial charge in [-0.1, -0.05) is 142 Å². The van der Waals surface area contributed by atoms with Gasteiger partial charge in [-0.05, 0) is 162 Å². The fourth-order valence-corrected chi connectivity index (χ4v) is 9.22. The van der Waals surface area contributed by atoms with E-state index in [1.54, 1.807) is 0 Å². The predicted octanol–water partition coefficient (Wildman–Crippen LogP) is 8.99. The van der Waals surface area contributed by atoms with Gasteiger partial charge in [0.25, 0.3) is 0 Å². The number of hydrogen-bond acceptors (Lipinski definition) is 12. The SMILES string of the molecule is CCCCCC(=O)NCCCCCCC(CNCCCCNCCCNC)CNCCCNCCCNC.CCCCCCCCCCCCCCCCCCNC(=O)CCOCCNC(=O)CCC1C(=O)C=CC1=O. The van der Waals surface area contributed by atoms with Gasteiger partial charge in [0.2, 0.25) is 17.7 Å². The van der Waals surface area contributed by atoms with Crippen LogP contribution in [0.15, 0.2) is 12.2 Å². The molecule has 1 rings (SSSR count). The number of allylic oxidation sites excluding steroid dienone is 2. The zero-order valence-electron chi connectivity index (χ0n) is 49.7. The second-order valence-electron chi connectivity index (χ2n) is 21.4. The lowest BCUT2D eigenvalue weighted by molar-refractivity contribution is -0.127. The van der Waals surface area contributed by atoms with Crippen LogP contribution < -0.4 is 47.9 Å². The maximum atomic E-state index is 11.9. The minimum atomic E-state index is -0.699. The van der Waals surface area contributed by atoms with Crippen molar-refractivity contribution in [2.24, 2.45) is 11.8 Å². The van der Waals surface area contributed by atoms with E-state index in [4.69, 9.17) is 4.74 Å². The van der Waals surface area contributed by atoms with Crippen molar-refractivity contribution < 1.29 is 28.7 Å². The molecule has 15 heteroatoms. The smallest absolute Gasteiger partial charge is 0.222 e. The summed E-state index contributed by atoms with van der Waals surface area (Å²) in [6.45, 7) is 18.0. The molecule has 0 aromatic carbocycles. The van der Waals surface area contributed by atoms with Gasteiger partial charge in [0.15, 0.2) is 11.6 Å². The molecule has 15 nitrogen and oxygen atoms in total. The van der Waals surface area contributed by atoms with Gasteiger partial charge in [-0.25, -0.2) is 0 Å². The second-order valence-corrected chi connectivity index (χ2v) is 21.4. The van der Waals surface area contributed by atoms with Crippen molar-refractivity contribution in [3.8, 4) is 0 Å². The lowest BCUT2D eigenvalue weighted by atomic mass is 9.99. The molecule has 0 saturated carbocycles. The molecule has 0 heterocycles. The van der Waals surface area contributed by atoms with Crippen molar-refractivity contribution >= 4 is 29.3 Å². The topological polar surface area (TPSA) is 203 Å². The van der Waals surface area contributed by atoms with Crippen LogP contribution in [-0.4, -0.2) is 142 Å². The van der Waals surface area contributed by atoms with Crippen LogP contribution in [0, 0.1) is 11.8 Å². The maximum absolute atomic E-state index is 11.9. The van der Waals surface area contributed by atoms with Gasteiger partial charge in [-0.15, -0.1) is 0 Å². The molecule has 0 saturated heterocycles. The summed E-state index contributed by atoms with van der Waals surface area (Å²) in [6.07, 6.45) is 40.8. The Balaban J connectivity index is 0.00000148. The van der Waals surface area contributed by atoms with Crippen LogP contribution in [0.2, 0.25) is 0 Å². The van der Waals surface area contributed by atoms with Gasteiger partial charge in [0.05, 0.1) is 19.1 Å². The highest BCUT2D eigenvalue weighted by atomic mass is 16.5. The maximum Gasteiger partial charge on any atom is 0.222 e. The third-order valence-corrected chi connectivity index (χ3v) is 14.1. The van der Waals surface area contributed by atoms with Gasteiger partial charge >= 0.3 is 0 Å². The van der Waals surface area contributed by atoms with Gasteiger partial charge in [-0.3, -0.25) is 24.0 Å². The fraction of sp³-hybridized carbons (Fsp3) is 0.885. The molecule has 0 aliphatic heterocycles. The average molecular weight is 1080 g/mol. The molecular weight excluding hydrogens is 955 g/mol. The Bertz CT molecular complexity index is 1340. The molecule has 3 amide bonds. The Kier molecular flexibility index (Phi) is 57.7. The minimum Gasteiger partial charge on any atom is -0.379 e. The lowest BCUT2D eigenvalue weighted by Crippen LogP contribution is -2.33. The van der Waals surface area contributed by atoms with Crippen LogP contribution >= 0.6 is 0 Å². The van der Waals surface area contributed by atoms with Crippen LogP contribution in [0.1, 0.15) is 226 Å². The first-order chi connectivity index (χ1) is 37.3. The number of ketones is 2. The largest absolute Gasteiger partial charge is 0.379 e. The number of carbonyl (C=O) groups excluding carboxylic acids is 5. The van der Waals surface area contributed by atoms with Crippen molar-refractivity contribution in [2.75, 3.05) is 112 Å². The van der Waals surface area contributed by atoms with Crippen molar-refractivity contribution in [1.29, 1.82) is 0 Å². The summed E-state index contributed by atoms with van der Waals surface area (Å²) in [5, 5.41) is 29.6. The van der Waals surface area contributed by atoms with Crippen molar-refractivity contribution in [3.63, 3.8) is 0 Å². The molecule has 0 spiro atoms. The quantitative estimate of drug-likeness (QED) is 0.0207. The Hall–Kier alpha value is -2.79. The summed E-state index contributed by atoms with van der Waals surface area (Å²) in [6, 6.07) is 0. The minimum absolute atomic E-state index is 0.00509. The first-order valence-corrected chi connectivity index (χ1v) is 31.5. The third-order valence-electron chi connectivity index (χ3n) is 14.1. The molecule has 1 atom stereocenters. The molecule has 0 fully saturated rings. The summed E-state index contributed by atoms with van der Waals surface area (Å²) in [5.74, 6) is -0.440. The molecule has 1 aliphatic rings. The van der Waals surface area contributed by atoms with E-state index in [1.807, 2.05) is 14.1 Å². The number of hydrogen-bond donors (Lipinski definition) is 9.